The fourth-order valence-corrected chi connectivity index (χ4v) is 5.89. The summed E-state index contributed by atoms with van der Waals surface area (Å²) in [6.45, 7) is 0. The third kappa shape index (κ3) is 3.90. The summed E-state index contributed by atoms with van der Waals surface area (Å²) in [7, 11) is 0. The van der Waals surface area contributed by atoms with E-state index in [1.165, 1.54) is 0 Å². The maximum absolute atomic E-state index is 9.80. The van der Waals surface area contributed by atoms with E-state index in [2.05, 4.69) is 0 Å². The van der Waals surface area contributed by atoms with Gasteiger partial charge in [0, 0.05) is 10.8 Å². The molecule has 1 heterocycles. The third-order valence-corrected chi connectivity index (χ3v) is 7.82. The molecule has 0 amide bonds. The molecule has 10 aromatic rings. The molecule has 1 nitrogen and oxygen atoms in total. The number of rotatable bonds is 3. The zero-order chi connectivity index (χ0) is 55.3. The molecule has 218 valence electrons. The van der Waals surface area contributed by atoms with Crippen molar-refractivity contribution in [3.8, 4) is 33.4 Å². The number of fused-ring (bicyclic) bond motifs is 8. The van der Waals surface area contributed by atoms with Crippen molar-refractivity contribution in [2.45, 2.75) is 0 Å². The largest absolute Gasteiger partial charge is 0.456 e. The molecule has 0 N–H and O–H groups in total. The predicted octanol–water partition coefficient (Wildman–Crippen LogP) is 13.2. The van der Waals surface area contributed by atoms with E-state index in [9.17, 15) is 13.7 Å². The fourth-order valence-electron chi connectivity index (χ4n) is 5.89. The van der Waals surface area contributed by atoms with E-state index in [0.717, 1.165) is 0 Å². The Morgan fingerprint density at radius 1 is 0.340 bits per heavy atom. The molecule has 0 unspecified atom stereocenters. The zero-order valence-corrected chi connectivity index (χ0v) is 23.4. The van der Waals surface area contributed by atoms with E-state index in [-0.39, 0.29) is 0 Å². The van der Waals surface area contributed by atoms with Gasteiger partial charge in [-0.3, -0.25) is 0 Å². The molecule has 0 saturated carbocycles. The molecule has 9 aromatic carbocycles. The SMILES string of the molecule is [2H]c1c([2H])c(-c2c([2H])c([2H])c([2H])c3oc4c([2H])c([2H])c([2H])c([2H])c4c23)c([2H])c([2H])c1-c1c2c([2H])c([2H])c([2H])c([2H])c2c(-c2c([2H])c3c([2H])c([2H])c([2H])c([2H])c3c3c([2H])c([2H])c([2H])c([2H])c23)c2c([2H])c([2H])c([2H])c([2H])c12. The Hall–Kier alpha value is -6.18. The Morgan fingerprint density at radius 2 is 0.851 bits per heavy atom. The van der Waals surface area contributed by atoms with Gasteiger partial charge in [-0.15, -0.1) is 0 Å². The molecule has 0 atom stereocenters. The summed E-state index contributed by atoms with van der Waals surface area (Å²) in [5.74, 6) is 0. The van der Waals surface area contributed by atoms with Gasteiger partial charge in [-0.2, -0.15) is 0 Å². The van der Waals surface area contributed by atoms with Gasteiger partial charge in [0.05, 0.1) is 38.4 Å². The summed E-state index contributed by atoms with van der Waals surface area (Å²) >= 11 is 0. The van der Waals surface area contributed by atoms with E-state index in [1.807, 2.05) is 0 Å². The first-order valence-corrected chi connectivity index (χ1v) is 13.9. The molecular formula is C46H28O. The van der Waals surface area contributed by atoms with Crippen molar-refractivity contribution < 1.29 is 42.8 Å². The molecule has 47 heavy (non-hydrogen) atoms. The van der Waals surface area contributed by atoms with Gasteiger partial charge in [-0.1, -0.05) is 151 Å². The van der Waals surface area contributed by atoms with Crippen molar-refractivity contribution in [1.82, 2.24) is 0 Å². The van der Waals surface area contributed by atoms with Crippen molar-refractivity contribution in [1.29, 1.82) is 0 Å². The molecule has 0 spiro atoms. The van der Waals surface area contributed by atoms with E-state index in [0.29, 0.717) is 0 Å². The number of hydrogen-bond acceptors (Lipinski definition) is 1. The molecule has 10 rings (SSSR count). The normalized spacial score (nSPS) is 20.2. The summed E-state index contributed by atoms with van der Waals surface area (Å²) in [4.78, 5) is 0. The van der Waals surface area contributed by atoms with Gasteiger partial charge in [-0.25, -0.2) is 0 Å². The van der Waals surface area contributed by atoms with Crippen molar-refractivity contribution in [3.63, 3.8) is 0 Å². The molecule has 1 heteroatoms. The minimum atomic E-state index is -1.10. The van der Waals surface area contributed by atoms with E-state index >= 15 is 0 Å². The lowest BCUT2D eigenvalue weighted by atomic mass is 9.83. The molecule has 0 aliphatic heterocycles. The van der Waals surface area contributed by atoms with E-state index in [1.54, 1.807) is 0 Å². The highest BCUT2D eigenvalue weighted by Crippen LogP contribution is 2.47. The molecular weight excluding hydrogens is 569 g/mol. The van der Waals surface area contributed by atoms with Crippen LogP contribution in [0.2, 0.25) is 0 Å². The molecule has 0 bridgehead atoms. The zero-order valence-electron chi connectivity index (χ0n) is 51.4. The molecule has 1 aromatic heterocycles. The lowest BCUT2D eigenvalue weighted by Gasteiger charge is -2.19. The van der Waals surface area contributed by atoms with Crippen molar-refractivity contribution in [3.05, 3.63) is 169 Å². The third-order valence-electron chi connectivity index (χ3n) is 7.82. The first kappa shape index (κ1) is 10.7. The topological polar surface area (TPSA) is 13.1 Å². The predicted molar refractivity (Wildman–Crippen MR) is 200 cm³/mol. The minimum Gasteiger partial charge on any atom is -0.456 e. The molecule has 0 aliphatic carbocycles. The number of benzene rings is 9. The van der Waals surface area contributed by atoms with Crippen LogP contribution in [-0.2, 0) is 0 Å². The van der Waals surface area contributed by atoms with E-state index in [4.69, 9.17) is 29.1 Å². The van der Waals surface area contributed by atoms with Crippen LogP contribution in [0.1, 0.15) is 38.4 Å². The van der Waals surface area contributed by atoms with Crippen LogP contribution in [-0.4, -0.2) is 0 Å². The number of para-hydroxylation sites is 1. The van der Waals surface area contributed by atoms with Crippen LogP contribution in [0.25, 0.3) is 98.4 Å². The average Bonchev–Trinajstić information content (AvgIpc) is 3.79. The van der Waals surface area contributed by atoms with Crippen LogP contribution in [0.5, 0.6) is 0 Å². The molecule has 0 saturated heterocycles. The van der Waals surface area contributed by atoms with Crippen molar-refractivity contribution in [2.75, 3.05) is 0 Å². The van der Waals surface area contributed by atoms with Gasteiger partial charge < -0.3 is 4.42 Å². The smallest absolute Gasteiger partial charge is 0.136 e. The lowest BCUT2D eigenvalue weighted by Crippen LogP contribution is -1.92. The molecule has 0 aliphatic rings. The second kappa shape index (κ2) is 10.2. The Kier molecular flexibility index (Phi) is 2.31. The first-order chi connectivity index (χ1) is 35.0. The van der Waals surface area contributed by atoms with Crippen LogP contribution in [0.3, 0.4) is 0 Å². The summed E-state index contributed by atoms with van der Waals surface area (Å²) in [6, 6.07) is -26.2. The quantitative estimate of drug-likeness (QED) is 0.141. The Labute approximate surface area is 311 Å². The first-order valence-electron chi connectivity index (χ1n) is 27.9. The second-order valence-corrected chi connectivity index (χ2v) is 10.3. The summed E-state index contributed by atoms with van der Waals surface area (Å²) in [5.41, 5.74) is -5.71. The van der Waals surface area contributed by atoms with Crippen LogP contribution < -0.4 is 0 Å². The average molecular weight is 625 g/mol. The monoisotopic (exact) mass is 624 g/mol. The highest BCUT2D eigenvalue weighted by atomic mass is 16.3. The minimum absolute atomic E-state index is 0.441. The Morgan fingerprint density at radius 3 is 1.55 bits per heavy atom. The van der Waals surface area contributed by atoms with Crippen LogP contribution in [0, 0.1) is 0 Å². The Balaban J connectivity index is 1.50. The van der Waals surface area contributed by atoms with Gasteiger partial charge in [0.25, 0.3) is 0 Å². The summed E-state index contributed by atoms with van der Waals surface area (Å²) in [6.07, 6.45) is 0. The molecule has 0 fully saturated rings. The van der Waals surface area contributed by atoms with E-state index < -0.39 is 268 Å². The summed E-state index contributed by atoms with van der Waals surface area (Å²) < 4.78 is 259. The standard InChI is InChI=1S/C46H28O/c1-2-13-32-31(12-1)28-41(35-15-4-3-14-34(32)35)45-38-18-7-5-16-36(38)44(37-17-6-8-19-39(37)45)30-26-24-29(25-27-30)33-21-11-23-43-46(33)40-20-9-10-22-42(40)47-43/h1-28H/i1D,2D,3D,4D,5D,6D,7D,8D,9D,10D,11D,12D,13D,14D,15D,16D,17D,18D,19D,20D,21D,22D,23D,24D,25D,26D,27D,28D. The second-order valence-electron chi connectivity index (χ2n) is 10.3. The van der Waals surface area contributed by atoms with Crippen LogP contribution in [0.4, 0.5) is 0 Å². The van der Waals surface area contributed by atoms with Gasteiger partial charge in [-0.05, 0) is 94.6 Å². The lowest BCUT2D eigenvalue weighted by molar-refractivity contribution is 0.669. The number of hydrogen-bond donors (Lipinski definition) is 0. The van der Waals surface area contributed by atoms with Crippen molar-refractivity contribution in [2.24, 2.45) is 0 Å². The van der Waals surface area contributed by atoms with Crippen molar-refractivity contribution >= 4 is 65.0 Å². The Bertz CT molecular complexity index is 4330. The van der Waals surface area contributed by atoms with Gasteiger partial charge in [0.1, 0.15) is 11.2 Å². The number of furan rings is 1. The highest BCUT2D eigenvalue weighted by molar-refractivity contribution is 6.25. The fraction of sp³-hybridized carbons (Fsp3) is 0. The highest BCUT2D eigenvalue weighted by Gasteiger charge is 2.19. The molecule has 0 radical (unpaired) electrons. The maximum Gasteiger partial charge on any atom is 0.136 e. The van der Waals surface area contributed by atoms with Crippen LogP contribution >= 0.6 is 0 Å². The van der Waals surface area contributed by atoms with Crippen LogP contribution in [0.15, 0.2) is 174 Å². The van der Waals surface area contributed by atoms with Gasteiger partial charge in [0.15, 0.2) is 0 Å². The van der Waals surface area contributed by atoms with Gasteiger partial charge in [0.2, 0.25) is 0 Å². The van der Waals surface area contributed by atoms with Gasteiger partial charge >= 0.3 is 0 Å². The maximum atomic E-state index is 9.80. The summed E-state index contributed by atoms with van der Waals surface area (Å²) in [5, 5.41) is -6.48.